The maximum Gasteiger partial charge on any atom is 0.240 e. The number of hydrogen-bond donors (Lipinski definition) is 2. The van der Waals surface area contributed by atoms with Crippen LogP contribution in [0.3, 0.4) is 0 Å². The van der Waals surface area contributed by atoms with Crippen molar-refractivity contribution in [1.29, 1.82) is 0 Å². The number of ether oxygens (including phenoxy) is 1. The van der Waals surface area contributed by atoms with Crippen LogP contribution in [0.4, 0.5) is 4.39 Å². The number of aliphatic hydroxyl groups is 1. The Morgan fingerprint density at radius 3 is 2.89 bits per heavy atom. The van der Waals surface area contributed by atoms with Gasteiger partial charge in [-0.3, -0.25) is 0 Å². The summed E-state index contributed by atoms with van der Waals surface area (Å²) in [5.41, 5.74) is -1.18. The first kappa shape index (κ1) is 13.4. The summed E-state index contributed by atoms with van der Waals surface area (Å²) in [7, 11) is -3.81. The largest absolute Gasteiger partial charge is 0.386 e. The van der Waals surface area contributed by atoms with Crippen molar-refractivity contribution in [1.82, 2.24) is 4.72 Å². The zero-order valence-electron chi connectivity index (χ0n) is 9.60. The highest BCUT2D eigenvalue weighted by atomic mass is 32.2. The maximum atomic E-state index is 13.0. The van der Waals surface area contributed by atoms with E-state index in [1.807, 2.05) is 0 Å². The molecule has 7 heteroatoms. The molecule has 0 saturated carbocycles. The van der Waals surface area contributed by atoms with Gasteiger partial charge in [0.05, 0.1) is 11.5 Å². The number of nitrogens with one attached hydrogen (secondary N) is 1. The van der Waals surface area contributed by atoms with Gasteiger partial charge >= 0.3 is 0 Å². The highest BCUT2D eigenvalue weighted by Gasteiger charge is 2.33. The molecule has 0 aliphatic carbocycles. The van der Waals surface area contributed by atoms with Gasteiger partial charge in [-0.1, -0.05) is 6.07 Å². The molecule has 0 spiro atoms. The summed E-state index contributed by atoms with van der Waals surface area (Å²) in [5, 5.41) is 9.93. The second-order valence-corrected chi connectivity index (χ2v) is 6.08. The van der Waals surface area contributed by atoms with Gasteiger partial charge in [-0.15, -0.1) is 0 Å². The molecule has 2 rings (SSSR count). The normalized spacial score (nSPS) is 24.3. The van der Waals surface area contributed by atoms with Gasteiger partial charge < -0.3 is 9.84 Å². The van der Waals surface area contributed by atoms with Crippen LogP contribution in [-0.2, 0) is 14.8 Å². The van der Waals surface area contributed by atoms with Gasteiger partial charge in [0.25, 0.3) is 0 Å². The summed E-state index contributed by atoms with van der Waals surface area (Å²) in [6.45, 7) is 0.350. The van der Waals surface area contributed by atoms with Crippen LogP contribution in [0, 0.1) is 5.82 Å². The Morgan fingerprint density at radius 1 is 1.50 bits per heavy atom. The van der Waals surface area contributed by atoms with E-state index in [0.29, 0.717) is 13.0 Å². The molecule has 1 heterocycles. The predicted molar refractivity (Wildman–Crippen MR) is 62.0 cm³/mol. The van der Waals surface area contributed by atoms with Crippen molar-refractivity contribution in [3.8, 4) is 0 Å². The van der Waals surface area contributed by atoms with E-state index in [2.05, 4.69) is 4.72 Å². The minimum Gasteiger partial charge on any atom is -0.386 e. The lowest BCUT2D eigenvalue weighted by atomic mass is 10.1. The second kappa shape index (κ2) is 4.93. The fourth-order valence-electron chi connectivity index (χ4n) is 1.68. The van der Waals surface area contributed by atoms with E-state index in [1.54, 1.807) is 0 Å². The summed E-state index contributed by atoms with van der Waals surface area (Å²) < 4.78 is 43.9. The van der Waals surface area contributed by atoms with Crippen LogP contribution >= 0.6 is 0 Å². The lowest BCUT2D eigenvalue weighted by Gasteiger charge is -2.20. The Morgan fingerprint density at radius 2 is 2.28 bits per heavy atom. The number of hydrogen-bond acceptors (Lipinski definition) is 4. The Balaban J connectivity index is 2.08. The van der Waals surface area contributed by atoms with Gasteiger partial charge in [0.2, 0.25) is 10.0 Å². The van der Waals surface area contributed by atoms with Crippen molar-refractivity contribution in [2.24, 2.45) is 0 Å². The fourth-order valence-corrected chi connectivity index (χ4v) is 2.83. The van der Waals surface area contributed by atoms with Crippen LogP contribution in [0.5, 0.6) is 0 Å². The van der Waals surface area contributed by atoms with Gasteiger partial charge in [-0.25, -0.2) is 17.5 Å². The highest BCUT2D eigenvalue weighted by Crippen LogP contribution is 2.18. The summed E-state index contributed by atoms with van der Waals surface area (Å²) in [4.78, 5) is -0.162. The minimum absolute atomic E-state index is 0.0959. The summed E-state index contributed by atoms with van der Waals surface area (Å²) in [5.74, 6) is -0.624. The topological polar surface area (TPSA) is 75.6 Å². The number of halogens is 1. The molecule has 1 aromatic carbocycles. The molecular weight excluding hydrogens is 261 g/mol. The maximum absolute atomic E-state index is 13.0. The van der Waals surface area contributed by atoms with Crippen molar-refractivity contribution in [3.63, 3.8) is 0 Å². The molecule has 5 nitrogen and oxygen atoms in total. The first-order chi connectivity index (χ1) is 8.41. The fraction of sp³-hybridized carbons (Fsp3) is 0.455. The molecule has 1 saturated heterocycles. The zero-order chi connectivity index (χ0) is 13.2. The molecular formula is C11H14FNO4S. The van der Waals surface area contributed by atoms with Crippen LogP contribution in [-0.4, -0.2) is 38.9 Å². The lowest BCUT2D eigenvalue weighted by molar-refractivity contribution is 0.0314. The summed E-state index contributed by atoms with van der Waals surface area (Å²) in [6.07, 6.45) is 0.374. The van der Waals surface area contributed by atoms with Gasteiger partial charge in [0, 0.05) is 19.6 Å². The van der Waals surface area contributed by atoms with Crippen LogP contribution in [0.2, 0.25) is 0 Å². The molecule has 100 valence electrons. The van der Waals surface area contributed by atoms with E-state index in [1.165, 1.54) is 12.1 Å². The van der Waals surface area contributed by atoms with E-state index >= 15 is 0 Å². The van der Waals surface area contributed by atoms with Crippen molar-refractivity contribution in [3.05, 3.63) is 30.1 Å². The van der Waals surface area contributed by atoms with Crippen molar-refractivity contribution < 1.29 is 22.7 Å². The third-order valence-corrected chi connectivity index (χ3v) is 4.18. The Hall–Kier alpha value is -1.02. The Kier molecular flexibility index (Phi) is 3.67. The molecule has 2 N–H and O–H groups in total. The molecule has 1 fully saturated rings. The van der Waals surface area contributed by atoms with E-state index in [4.69, 9.17) is 4.74 Å². The van der Waals surface area contributed by atoms with Crippen molar-refractivity contribution in [2.45, 2.75) is 16.9 Å². The van der Waals surface area contributed by atoms with E-state index < -0.39 is 21.4 Å². The summed E-state index contributed by atoms with van der Waals surface area (Å²) >= 11 is 0. The van der Waals surface area contributed by atoms with Crippen LogP contribution in [0.1, 0.15) is 6.42 Å². The van der Waals surface area contributed by atoms with Crippen LogP contribution in [0.15, 0.2) is 29.2 Å². The number of rotatable bonds is 4. The molecule has 1 atom stereocenters. The Labute approximate surface area is 105 Å². The van der Waals surface area contributed by atoms with Gasteiger partial charge in [0.15, 0.2) is 0 Å². The molecule has 1 unspecified atom stereocenters. The average molecular weight is 275 g/mol. The standard InChI is InChI=1S/C11H14FNO4S/c12-9-2-1-3-10(6-9)18(15,16)13-7-11(14)4-5-17-8-11/h1-3,6,13-14H,4-5,7-8H2. The quantitative estimate of drug-likeness (QED) is 0.826. The third kappa shape index (κ3) is 3.05. The number of sulfonamides is 1. The van der Waals surface area contributed by atoms with Crippen LogP contribution < -0.4 is 4.72 Å². The SMILES string of the molecule is O=S(=O)(NCC1(O)CCOC1)c1cccc(F)c1. The molecule has 0 radical (unpaired) electrons. The number of benzene rings is 1. The molecule has 1 aromatic rings. The molecule has 0 bridgehead atoms. The van der Waals surface area contributed by atoms with E-state index in [9.17, 15) is 17.9 Å². The average Bonchev–Trinajstić information content (AvgIpc) is 2.75. The predicted octanol–water partition coefficient (Wildman–Crippen LogP) is 0.255. The van der Waals surface area contributed by atoms with Crippen LogP contribution in [0.25, 0.3) is 0 Å². The summed E-state index contributed by atoms with van der Waals surface area (Å²) in [6, 6.07) is 4.70. The first-order valence-corrected chi connectivity index (χ1v) is 6.95. The van der Waals surface area contributed by atoms with Crippen molar-refractivity contribution in [2.75, 3.05) is 19.8 Å². The minimum atomic E-state index is -3.81. The highest BCUT2D eigenvalue weighted by molar-refractivity contribution is 7.89. The first-order valence-electron chi connectivity index (χ1n) is 5.47. The van der Waals surface area contributed by atoms with E-state index in [0.717, 1.165) is 12.1 Å². The third-order valence-electron chi connectivity index (χ3n) is 2.78. The Bertz CT molecular complexity index is 526. The van der Waals surface area contributed by atoms with Gasteiger partial charge in [0.1, 0.15) is 11.4 Å². The molecule has 1 aliphatic heterocycles. The second-order valence-electron chi connectivity index (χ2n) is 4.31. The van der Waals surface area contributed by atoms with E-state index in [-0.39, 0.29) is 18.0 Å². The molecule has 0 aromatic heterocycles. The molecule has 0 amide bonds. The molecule has 18 heavy (non-hydrogen) atoms. The van der Waals surface area contributed by atoms with Gasteiger partial charge in [-0.05, 0) is 18.2 Å². The zero-order valence-corrected chi connectivity index (χ0v) is 10.4. The lowest BCUT2D eigenvalue weighted by Crippen LogP contribution is -2.43. The molecule has 1 aliphatic rings. The smallest absolute Gasteiger partial charge is 0.240 e. The van der Waals surface area contributed by atoms with Gasteiger partial charge in [-0.2, -0.15) is 0 Å². The van der Waals surface area contributed by atoms with Crippen molar-refractivity contribution >= 4 is 10.0 Å². The monoisotopic (exact) mass is 275 g/mol.